The van der Waals surface area contributed by atoms with Gasteiger partial charge >= 0.3 is 6.09 Å². The molecular weight excluding hydrogens is 213 g/mol. The van der Waals surface area contributed by atoms with Gasteiger partial charge in [-0.05, 0) is 0 Å². The van der Waals surface area contributed by atoms with Crippen LogP contribution in [0.1, 0.15) is 5.56 Å². The van der Waals surface area contributed by atoms with E-state index in [1.807, 2.05) is 0 Å². The Kier molecular flexibility index (Phi) is 2.84. The fraction of sp³-hybridized carbons (Fsp3) is 0. The highest BCUT2D eigenvalue weighted by atomic mass is 35.5. The fourth-order valence-electron chi connectivity index (χ4n) is 0.738. The van der Waals surface area contributed by atoms with Gasteiger partial charge in [-0.15, -0.1) is 0 Å². The molecule has 0 saturated heterocycles. The summed E-state index contributed by atoms with van der Waals surface area (Å²) in [5.74, 6) is -1.41. The van der Waals surface area contributed by atoms with Crippen LogP contribution in [0.25, 0.3) is 0 Å². The molecule has 0 aliphatic heterocycles. The molecule has 1 rings (SSSR count). The largest absolute Gasteiger partial charge is 0.410 e. The minimum atomic E-state index is -1.16. The minimum absolute atomic E-state index is 0.359. The molecule has 1 aromatic rings. The van der Waals surface area contributed by atoms with E-state index in [-0.39, 0.29) is 5.75 Å². The number of aromatic nitrogens is 1. The second-order valence-corrected chi connectivity index (χ2v) is 2.49. The van der Waals surface area contributed by atoms with E-state index in [9.17, 15) is 9.18 Å². The summed E-state index contributed by atoms with van der Waals surface area (Å²) in [5.41, 5.74) is 4.17. The first-order valence-corrected chi connectivity index (χ1v) is 3.65. The van der Waals surface area contributed by atoms with Crippen LogP contribution in [0, 0.1) is 17.1 Å². The molecule has 0 aliphatic carbocycles. The molecule has 0 saturated carbocycles. The van der Waals surface area contributed by atoms with Crippen LogP contribution in [-0.4, -0.2) is 11.1 Å². The highest BCUT2D eigenvalue weighted by Crippen LogP contribution is 2.24. The van der Waals surface area contributed by atoms with E-state index < -0.39 is 22.6 Å². The van der Waals surface area contributed by atoms with Crippen molar-refractivity contribution in [2.75, 3.05) is 0 Å². The second kappa shape index (κ2) is 3.89. The van der Waals surface area contributed by atoms with Crippen LogP contribution in [0.4, 0.5) is 9.18 Å². The maximum Gasteiger partial charge on any atom is 0.410 e. The molecule has 0 aliphatic rings. The summed E-state index contributed by atoms with van der Waals surface area (Å²) in [7, 11) is 0. The Hall–Kier alpha value is -1.87. The van der Waals surface area contributed by atoms with Crippen LogP contribution in [0.3, 0.4) is 0 Å². The molecule has 0 bridgehead atoms. The van der Waals surface area contributed by atoms with Gasteiger partial charge in [-0.2, -0.15) is 5.26 Å². The minimum Gasteiger partial charge on any atom is -0.407 e. The van der Waals surface area contributed by atoms with Crippen molar-refractivity contribution in [1.82, 2.24) is 4.98 Å². The lowest BCUT2D eigenvalue weighted by atomic mass is 10.2. The molecule has 7 heteroatoms. The summed E-state index contributed by atoms with van der Waals surface area (Å²) < 4.78 is 17.4. The SMILES string of the molecule is N#Cc1c(OC(N)=O)cnc(Cl)c1F. The van der Waals surface area contributed by atoms with E-state index in [0.717, 1.165) is 6.20 Å². The van der Waals surface area contributed by atoms with Gasteiger partial charge in [-0.1, -0.05) is 11.6 Å². The quantitative estimate of drug-likeness (QED) is 0.713. The maximum absolute atomic E-state index is 13.1. The molecule has 72 valence electrons. The van der Waals surface area contributed by atoms with Crippen molar-refractivity contribution < 1.29 is 13.9 Å². The summed E-state index contributed by atoms with van der Waals surface area (Å²) in [6.07, 6.45) is -0.223. The number of primary amides is 1. The molecule has 0 unspecified atom stereocenters. The van der Waals surface area contributed by atoms with E-state index in [2.05, 4.69) is 15.5 Å². The first kappa shape index (κ1) is 10.2. The first-order valence-electron chi connectivity index (χ1n) is 3.27. The number of carbonyl (C=O) groups excluding carboxylic acids is 1. The van der Waals surface area contributed by atoms with Crippen LogP contribution in [-0.2, 0) is 0 Å². The zero-order valence-electron chi connectivity index (χ0n) is 6.62. The van der Waals surface area contributed by atoms with Crippen LogP contribution >= 0.6 is 11.6 Å². The van der Waals surface area contributed by atoms with Crippen LogP contribution in [0.5, 0.6) is 5.75 Å². The Bertz CT molecular complexity index is 430. The molecule has 0 aromatic carbocycles. The zero-order valence-corrected chi connectivity index (χ0v) is 7.38. The van der Waals surface area contributed by atoms with Crippen molar-refractivity contribution in [3.63, 3.8) is 0 Å². The highest BCUT2D eigenvalue weighted by molar-refractivity contribution is 6.29. The molecule has 5 nitrogen and oxygen atoms in total. The molecule has 0 atom stereocenters. The molecule has 0 fully saturated rings. The lowest BCUT2D eigenvalue weighted by Gasteiger charge is -2.03. The summed E-state index contributed by atoms with van der Waals surface area (Å²) in [5, 5.41) is 8.05. The van der Waals surface area contributed by atoms with Gasteiger partial charge < -0.3 is 10.5 Å². The van der Waals surface area contributed by atoms with Gasteiger partial charge in [0.15, 0.2) is 16.7 Å². The molecular formula is C7H3ClFN3O2. The van der Waals surface area contributed by atoms with Gasteiger partial charge in [-0.3, -0.25) is 0 Å². The summed E-state index contributed by atoms with van der Waals surface area (Å²) in [4.78, 5) is 13.7. The number of halogens is 2. The average Bonchev–Trinajstić information content (AvgIpc) is 2.11. The van der Waals surface area contributed by atoms with Crippen LogP contribution < -0.4 is 10.5 Å². The number of hydrogen-bond donors (Lipinski definition) is 1. The topological polar surface area (TPSA) is 89.0 Å². The van der Waals surface area contributed by atoms with Gasteiger partial charge in [0.25, 0.3) is 0 Å². The van der Waals surface area contributed by atoms with Gasteiger partial charge in [0.2, 0.25) is 0 Å². The smallest absolute Gasteiger partial charge is 0.407 e. The molecule has 1 amide bonds. The molecule has 14 heavy (non-hydrogen) atoms. The number of ether oxygens (including phenoxy) is 1. The molecule has 1 aromatic heterocycles. The molecule has 0 spiro atoms. The Morgan fingerprint density at radius 3 is 2.93 bits per heavy atom. The van der Waals surface area contributed by atoms with Gasteiger partial charge in [0.05, 0.1) is 6.20 Å². The number of nitrogens with two attached hydrogens (primary N) is 1. The van der Waals surface area contributed by atoms with Gasteiger partial charge in [0.1, 0.15) is 11.6 Å². The predicted octanol–water partition coefficient (Wildman–Crippen LogP) is 1.20. The third-order valence-electron chi connectivity index (χ3n) is 1.26. The van der Waals surface area contributed by atoms with Crippen molar-refractivity contribution in [1.29, 1.82) is 5.26 Å². The van der Waals surface area contributed by atoms with Crippen molar-refractivity contribution in [2.24, 2.45) is 5.73 Å². The lowest BCUT2D eigenvalue weighted by molar-refractivity contribution is 0.210. The summed E-state index contributed by atoms with van der Waals surface area (Å²) in [6, 6.07) is 1.48. The normalized spacial score (nSPS) is 9.21. The fourth-order valence-corrected chi connectivity index (χ4v) is 0.881. The van der Waals surface area contributed by atoms with Crippen molar-refractivity contribution in [2.45, 2.75) is 0 Å². The number of hydrogen-bond acceptors (Lipinski definition) is 4. The predicted molar refractivity (Wildman–Crippen MR) is 44.1 cm³/mol. The second-order valence-electron chi connectivity index (χ2n) is 2.14. The number of nitrogens with zero attached hydrogens (tertiary/aromatic N) is 2. The van der Waals surface area contributed by atoms with Gasteiger partial charge in [-0.25, -0.2) is 14.2 Å². The highest BCUT2D eigenvalue weighted by Gasteiger charge is 2.15. The molecule has 0 radical (unpaired) electrons. The number of amides is 1. The Morgan fingerprint density at radius 1 is 1.79 bits per heavy atom. The number of rotatable bonds is 1. The number of nitriles is 1. The lowest BCUT2D eigenvalue weighted by Crippen LogP contribution is -2.17. The summed E-state index contributed by atoms with van der Waals surface area (Å²) in [6.45, 7) is 0. The van der Waals surface area contributed by atoms with E-state index in [0.29, 0.717) is 0 Å². The Labute approximate surface area is 82.9 Å². The van der Waals surface area contributed by atoms with Crippen molar-refractivity contribution in [3.05, 3.63) is 22.7 Å². The van der Waals surface area contributed by atoms with E-state index in [4.69, 9.17) is 16.9 Å². The first-order chi connectivity index (χ1) is 6.56. The standard InChI is InChI=1S/C7H3ClFN3O2/c8-6-5(9)3(1-10)4(2-12-6)14-7(11)13/h2H,(H2,11,13). The summed E-state index contributed by atoms with van der Waals surface area (Å²) >= 11 is 5.29. The third-order valence-corrected chi connectivity index (χ3v) is 1.53. The molecule has 2 N–H and O–H groups in total. The van der Waals surface area contributed by atoms with Crippen LogP contribution in [0.15, 0.2) is 6.20 Å². The van der Waals surface area contributed by atoms with Gasteiger partial charge in [0, 0.05) is 0 Å². The Morgan fingerprint density at radius 2 is 2.43 bits per heavy atom. The van der Waals surface area contributed by atoms with Crippen molar-refractivity contribution in [3.8, 4) is 11.8 Å². The number of carbonyl (C=O) groups is 1. The Balaban J connectivity index is 3.26. The van der Waals surface area contributed by atoms with E-state index >= 15 is 0 Å². The maximum atomic E-state index is 13.1. The molecule has 1 heterocycles. The average molecular weight is 216 g/mol. The van der Waals surface area contributed by atoms with E-state index in [1.54, 1.807) is 0 Å². The third kappa shape index (κ3) is 1.89. The monoisotopic (exact) mass is 215 g/mol. The van der Waals surface area contributed by atoms with E-state index in [1.165, 1.54) is 6.07 Å². The van der Waals surface area contributed by atoms with Crippen LogP contribution in [0.2, 0.25) is 5.15 Å². The van der Waals surface area contributed by atoms with Crippen molar-refractivity contribution >= 4 is 17.7 Å². The zero-order chi connectivity index (χ0) is 10.7. The number of pyridine rings is 1.